The number of nitroso groups, excluding NO2 is 2. The molecular weight excluding hydrogens is 144 g/mol. The van der Waals surface area contributed by atoms with E-state index >= 15 is 0 Å². The summed E-state index contributed by atoms with van der Waals surface area (Å²) in [7, 11) is 0. The highest BCUT2D eigenvalue weighted by Crippen LogP contribution is 2.42. The average Bonchev–Trinajstić information content (AvgIpc) is 2.60. The summed E-state index contributed by atoms with van der Waals surface area (Å²) in [4.78, 5) is 20.6. The second-order valence-corrected chi connectivity index (χ2v) is 3.14. The summed E-state index contributed by atoms with van der Waals surface area (Å²) < 4.78 is 0. The molecule has 58 valence electrons. The molecule has 2 aliphatic carbocycles. The van der Waals surface area contributed by atoms with Gasteiger partial charge in [0.25, 0.3) is 0 Å². The highest BCUT2D eigenvalue weighted by molar-refractivity contribution is 5.19. The molecule has 0 aliphatic heterocycles. The lowest BCUT2D eigenvalue weighted by Crippen LogP contribution is -2.25. The first-order chi connectivity index (χ1) is 5.36. The highest BCUT2D eigenvalue weighted by atomic mass is 16.3. The van der Waals surface area contributed by atoms with Gasteiger partial charge in [0.15, 0.2) is 0 Å². The first-order valence-corrected chi connectivity index (χ1v) is 3.70. The van der Waals surface area contributed by atoms with Gasteiger partial charge in [0.1, 0.15) is 12.1 Å². The molecule has 2 aliphatic rings. The monoisotopic (exact) mass is 152 g/mol. The van der Waals surface area contributed by atoms with Crippen molar-refractivity contribution >= 4 is 0 Å². The normalized spacial score (nSPS) is 46.2. The molecule has 0 N–H and O–H groups in total. The first kappa shape index (κ1) is 6.64. The van der Waals surface area contributed by atoms with Gasteiger partial charge in [0, 0.05) is 11.8 Å². The van der Waals surface area contributed by atoms with Gasteiger partial charge in [-0.3, -0.25) is 0 Å². The van der Waals surface area contributed by atoms with Crippen LogP contribution in [0.3, 0.4) is 0 Å². The summed E-state index contributed by atoms with van der Waals surface area (Å²) >= 11 is 0. The highest BCUT2D eigenvalue weighted by Gasteiger charge is 2.46. The summed E-state index contributed by atoms with van der Waals surface area (Å²) in [5.41, 5.74) is 0. The largest absolute Gasteiger partial charge is 0.150 e. The van der Waals surface area contributed by atoms with E-state index in [1.807, 2.05) is 12.2 Å². The van der Waals surface area contributed by atoms with Crippen molar-refractivity contribution in [3.05, 3.63) is 22.0 Å². The Morgan fingerprint density at radius 1 is 1.00 bits per heavy atom. The van der Waals surface area contributed by atoms with Crippen LogP contribution in [0.15, 0.2) is 22.5 Å². The molecule has 0 saturated heterocycles. The fourth-order valence-corrected chi connectivity index (χ4v) is 2.05. The van der Waals surface area contributed by atoms with Crippen LogP contribution in [0.5, 0.6) is 0 Å². The predicted octanol–water partition coefficient (Wildman–Crippen LogP) is 1.46. The molecule has 2 bridgehead atoms. The van der Waals surface area contributed by atoms with Crippen LogP contribution in [0.2, 0.25) is 0 Å². The fraction of sp³-hybridized carbons (Fsp3) is 0.714. The van der Waals surface area contributed by atoms with E-state index in [4.69, 9.17) is 0 Å². The molecule has 4 atom stereocenters. The minimum atomic E-state index is -0.387. The molecule has 1 fully saturated rings. The van der Waals surface area contributed by atoms with Gasteiger partial charge in [0.2, 0.25) is 0 Å². The van der Waals surface area contributed by atoms with E-state index in [9.17, 15) is 9.81 Å². The van der Waals surface area contributed by atoms with Gasteiger partial charge >= 0.3 is 0 Å². The molecule has 0 unspecified atom stereocenters. The fourth-order valence-electron chi connectivity index (χ4n) is 2.05. The van der Waals surface area contributed by atoms with Crippen molar-refractivity contribution < 1.29 is 0 Å². The van der Waals surface area contributed by atoms with Crippen molar-refractivity contribution in [1.82, 2.24) is 0 Å². The summed E-state index contributed by atoms with van der Waals surface area (Å²) in [5.74, 6) is 0.361. The second kappa shape index (κ2) is 2.22. The Bertz CT molecular complexity index is 204. The van der Waals surface area contributed by atoms with Crippen LogP contribution in [-0.2, 0) is 0 Å². The van der Waals surface area contributed by atoms with Gasteiger partial charge in [0.05, 0.1) is 0 Å². The molecule has 0 aromatic heterocycles. The Labute approximate surface area is 63.6 Å². The topological polar surface area (TPSA) is 58.9 Å². The molecule has 1 saturated carbocycles. The zero-order valence-corrected chi connectivity index (χ0v) is 5.88. The van der Waals surface area contributed by atoms with Crippen LogP contribution in [0.25, 0.3) is 0 Å². The summed E-state index contributed by atoms with van der Waals surface area (Å²) in [6.45, 7) is 0. The van der Waals surface area contributed by atoms with E-state index in [-0.39, 0.29) is 23.9 Å². The van der Waals surface area contributed by atoms with Crippen molar-refractivity contribution in [2.45, 2.75) is 18.5 Å². The van der Waals surface area contributed by atoms with Gasteiger partial charge in [-0.05, 0) is 6.42 Å². The van der Waals surface area contributed by atoms with Crippen LogP contribution >= 0.6 is 0 Å². The van der Waals surface area contributed by atoms with Gasteiger partial charge < -0.3 is 0 Å². The Kier molecular flexibility index (Phi) is 1.34. The van der Waals surface area contributed by atoms with Gasteiger partial charge in [-0.1, -0.05) is 22.5 Å². The van der Waals surface area contributed by atoms with Crippen molar-refractivity contribution in [2.24, 2.45) is 22.2 Å². The van der Waals surface area contributed by atoms with E-state index < -0.39 is 0 Å². The van der Waals surface area contributed by atoms with E-state index in [0.29, 0.717) is 0 Å². The molecule has 0 aromatic carbocycles. The number of hydrogen-bond acceptors (Lipinski definition) is 4. The molecule has 0 amide bonds. The molecule has 0 radical (unpaired) electrons. The van der Waals surface area contributed by atoms with E-state index in [2.05, 4.69) is 10.4 Å². The zero-order chi connectivity index (χ0) is 7.84. The Morgan fingerprint density at radius 2 is 1.45 bits per heavy atom. The summed E-state index contributed by atoms with van der Waals surface area (Å²) in [6.07, 6.45) is 4.82. The maximum absolute atomic E-state index is 10.3. The van der Waals surface area contributed by atoms with Crippen molar-refractivity contribution in [2.75, 3.05) is 0 Å². The Morgan fingerprint density at radius 3 is 1.82 bits per heavy atom. The number of nitrogens with zero attached hydrogens (tertiary/aromatic N) is 2. The third-order valence-corrected chi connectivity index (χ3v) is 2.62. The maximum atomic E-state index is 10.3. The SMILES string of the molecule is O=N[C@@H]1[C@H](N=O)[C@H]2C=C[C@@H]1C2. The van der Waals surface area contributed by atoms with Gasteiger partial charge in [-0.25, -0.2) is 0 Å². The van der Waals surface area contributed by atoms with Crippen molar-refractivity contribution in [1.29, 1.82) is 0 Å². The Hall–Kier alpha value is -1.06. The van der Waals surface area contributed by atoms with Crippen LogP contribution < -0.4 is 0 Å². The summed E-state index contributed by atoms with van der Waals surface area (Å²) in [6, 6.07) is -0.773. The minimum absolute atomic E-state index is 0.181. The van der Waals surface area contributed by atoms with Crippen LogP contribution in [0.1, 0.15) is 6.42 Å². The predicted molar refractivity (Wildman–Crippen MR) is 39.9 cm³/mol. The van der Waals surface area contributed by atoms with Crippen LogP contribution in [-0.4, -0.2) is 12.1 Å². The Balaban J connectivity index is 2.27. The molecule has 2 rings (SSSR count). The van der Waals surface area contributed by atoms with Crippen molar-refractivity contribution in [3.63, 3.8) is 0 Å². The molecular formula is C7H8N2O2. The lowest BCUT2D eigenvalue weighted by Gasteiger charge is -2.14. The third kappa shape index (κ3) is 0.751. The third-order valence-electron chi connectivity index (χ3n) is 2.62. The van der Waals surface area contributed by atoms with Crippen LogP contribution in [0.4, 0.5) is 0 Å². The first-order valence-electron chi connectivity index (χ1n) is 3.70. The smallest absolute Gasteiger partial charge is 0.124 e. The summed E-state index contributed by atoms with van der Waals surface area (Å²) in [5, 5.41) is 5.85. The molecule has 0 heterocycles. The second-order valence-electron chi connectivity index (χ2n) is 3.14. The minimum Gasteiger partial charge on any atom is -0.150 e. The standard InChI is InChI=1S/C7H8N2O2/c10-8-6-4-1-2-5(3-4)7(6)9-11/h1-2,4-7H,3H2/t4-,5+,6+,7-. The van der Waals surface area contributed by atoms with Gasteiger partial charge in [-0.2, -0.15) is 9.81 Å². The van der Waals surface area contributed by atoms with Gasteiger partial charge in [-0.15, -0.1) is 0 Å². The zero-order valence-electron chi connectivity index (χ0n) is 5.88. The number of rotatable bonds is 2. The van der Waals surface area contributed by atoms with E-state index in [0.717, 1.165) is 6.42 Å². The number of fused-ring (bicyclic) bond motifs is 2. The van der Waals surface area contributed by atoms with Crippen LogP contribution in [0, 0.1) is 21.6 Å². The molecule has 0 aromatic rings. The van der Waals surface area contributed by atoms with E-state index in [1.165, 1.54) is 0 Å². The molecule has 4 heteroatoms. The molecule has 11 heavy (non-hydrogen) atoms. The van der Waals surface area contributed by atoms with Crippen molar-refractivity contribution in [3.8, 4) is 0 Å². The lowest BCUT2D eigenvalue weighted by molar-refractivity contribution is 0.498. The molecule has 0 spiro atoms. The lowest BCUT2D eigenvalue weighted by atomic mass is 9.98. The quantitative estimate of drug-likeness (QED) is 0.444. The maximum Gasteiger partial charge on any atom is 0.124 e. The average molecular weight is 152 g/mol. The van der Waals surface area contributed by atoms with E-state index in [1.54, 1.807) is 0 Å². The molecule has 4 nitrogen and oxygen atoms in total. The number of hydrogen-bond donors (Lipinski definition) is 0.